The van der Waals surface area contributed by atoms with Crippen molar-refractivity contribution in [3.05, 3.63) is 63.9 Å². The number of aryl methyl sites for hydroxylation is 1. The number of aliphatic hydroxyl groups is 1. The molecule has 0 fully saturated rings. The van der Waals surface area contributed by atoms with E-state index in [1.807, 2.05) is 30.3 Å². The van der Waals surface area contributed by atoms with Crippen molar-refractivity contribution in [2.45, 2.75) is 31.3 Å². The van der Waals surface area contributed by atoms with Crippen LogP contribution < -0.4 is 0 Å². The molecular weight excluding hydrogens is 302 g/mol. The van der Waals surface area contributed by atoms with Crippen LogP contribution in [0, 0.1) is 0 Å². The summed E-state index contributed by atoms with van der Waals surface area (Å²) in [6, 6.07) is 12.2. The first-order valence-corrected chi connectivity index (χ1v) is 7.38. The number of rotatable bonds is 2. The smallest absolute Gasteiger partial charge is 0.0954 e. The number of pyridine rings is 1. The number of benzene rings is 1. The lowest BCUT2D eigenvalue weighted by molar-refractivity contribution is 0.0181. The molecule has 0 saturated carbocycles. The second-order valence-electron chi connectivity index (χ2n) is 5.19. The molecule has 1 aliphatic rings. The summed E-state index contributed by atoms with van der Waals surface area (Å²) in [6.07, 6.45) is 5.27. The zero-order valence-electron chi connectivity index (χ0n) is 10.6. The number of aromatic nitrogens is 1. The van der Waals surface area contributed by atoms with Gasteiger partial charge in [-0.1, -0.05) is 24.3 Å². The van der Waals surface area contributed by atoms with E-state index in [9.17, 15) is 5.11 Å². The monoisotopic (exact) mass is 317 g/mol. The van der Waals surface area contributed by atoms with Crippen molar-refractivity contribution < 1.29 is 5.11 Å². The summed E-state index contributed by atoms with van der Waals surface area (Å²) < 4.78 is 0.965. The molecule has 1 atom stereocenters. The quantitative estimate of drug-likeness (QED) is 0.917. The Bertz CT molecular complexity index is 582. The van der Waals surface area contributed by atoms with Crippen molar-refractivity contribution in [3.8, 4) is 0 Å². The number of fused-ring (bicyclic) bond motifs is 1. The van der Waals surface area contributed by atoms with Gasteiger partial charge >= 0.3 is 0 Å². The molecule has 0 spiro atoms. The Labute approximate surface area is 121 Å². The van der Waals surface area contributed by atoms with Crippen LogP contribution in [0.1, 0.15) is 29.7 Å². The van der Waals surface area contributed by atoms with Crippen LogP contribution in [0.4, 0.5) is 0 Å². The molecule has 1 aliphatic carbocycles. The van der Waals surface area contributed by atoms with E-state index in [2.05, 4.69) is 27.0 Å². The summed E-state index contributed by atoms with van der Waals surface area (Å²) in [5.74, 6) is 0. The van der Waals surface area contributed by atoms with E-state index in [1.165, 1.54) is 5.56 Å². The van der Waals surface area contributed by atoms with Gasteiger partial charge in [-0.2, -0.15) is 0 Å². The fourth-order valence-electron chi connectivity index (χ4n) is 2.89. The normalized spacial score (nSPS) is 22.0. The summed E-state index contributed by atoms with van der Waals surface area (Å²) >= 11 is 3.38. The number of hydrogen-bond acceptors (Lipinski definition) is 2. The molecule has 0 aliphatic heterocycles. The van der Waals surface area contributed by atoms with Crippen LogP contribution >= 0.6 is 15.9 Å². The van der Waals surface area contributed by atoms with Gasteiger partial charge in [0.1, 0.15) is 0 Å². The molecule has 0 saturated heterocycles. The standard InChI is InChI=1S/C16H16BrNO/c17-13-7-8-14(18-11-13)10-16(19)9-3-5-12-4-1-2-6-15(12)16/h1-2,4,6-8,11,19H,3,5,9-10H2. The van der Waals surface area contributed by atoms with E-state index >= 15 is 0 Å². The van der Waals surface area contributed by atoms with E-state index in [-0.39, 0.29) is 0 Å². The minimum Gasteiger partial charge on any atom is -0.385 e. The summed E-state index contributed by atoms with van der Waals surface area (Å²) in [4.78, 5) is 4.38. The predicted molar refractivity (Wildman–Crippen MR) is 78.9 cm³/mol. The average molecular weight is 318 g/mol. The second kappa shape index (κ2) is 5.06. The van der Waals surface area contributed by atoms with Gasteiger partial charge in [0, 0.05) is 22.8 Å². The fourth-order valence-corrected chi connectivity index (χ4v) is 3.13. The molecule has 2 aromatic rings. The molecule has 3 rings (SSSR count). The summed E-state index contributed by atoms with van der Waals surface area (Å²) in [5, 5.41) is 11.0. The molecule has 0 amide bonds. The number of hydrogen-bond donors (Lipinski definition) is 1. The van der Waals surface area contributed by atoms with Gasteiger partial charge in [-0.15, -0.1) is 0 Å². The van der Waals surface area contributed by atoms with Crippen LogP contribution in [0.3, 0.4) is 0 Å². The minimum atomic E-state index is -0.768. The Morgan fingerprint density at radius 2 is 2.05 bits per heavy atom. The zero-order chi connectivity index (χ0) is 13.3. The van der Waals surface area contributed by atoms with Gasteiger partial charge in [-0.3, -0.25) is 4.98 Å². The van der Waals surface area contributed by atoms with Gasteiger partial charge in [-0.25, -0.2) is 0 Å². The molecule has 1 N–H and O–H groups in total. The van der Waals surface area contributed by atoms with Gasteiger partial charge in [-0.05, 0) is 58.5 Å². The maximum atomic E-state index is 11.0. The van der Waals surface area contributed by atoms with Crippen LogP contribution in [0.25, 0.3) is 0 Å². The highest BCUT2D eigenvalue weighted by Crippen LogP contribution is 2.37. The maximum Gasteiger partial charge on any atom is 0.0954 e. The zero-order valence-corrected chi connectivity index (χ0v) is 12.2. The van der Waals surface area contributed by atoms with Crippen LogP contribution in [0.15, 0.2) is 47.1 Å². The fraction of sp³-hybridized carbons (Fsp3) is 0.312. The minimum absolute atomic E-state index is 0.581. The van der Waals surface area contributed by atoms with E-state index in [0.29, 0.717) is 6.42 Å². The largest absolute Gasteiger partial charge is 0.385 e. The van der Waals surface area contributed by atoms with E-state index < -0.39 is 5.60 Å². The molecule has 98 valence electrons. The topological polar surface area (TPSA) is 33.1 Å². The summed E-state index contributed by atoms with van der Waals surface area (Å²) in [6.45, 7) is 0. The van der Waals surface area contributed by atoms with Crippen molar-refractivity contribution in [1.82, 2.24) is 4.98 Å². The highest BCUT2D eigenvalue weighted by molar-refractivity contribution is 9.10. The van der Waals surface area contributed by atoms with Crippen molar-refractivity contribution in [3.63, 3.8) is 0 Å². The van der Waals surface area contributed by atoms with E-state index in [1.54, 1.807) is 6.20 Å². The van der Waals surface area contributed by atoms with Gasteiger partial charge in [0.25, 0.3) is 0 Å². The third kappa shape index (κ3) is 2.58. The molecule has 0 radical (unpaired) electrons. The molecule has 1 aromatic heterocycles. The Morgan fingerprint density at radius 1 is 1.21 bits per heavy atom. The van der Waals surface area contributed by atoms with Crippen molar-refractivity contribution in [1.29, 1.82) is 0 Å². The van der Waals surface area contributed by atoms with E-state index in [4.69, 9.17) is 0 Å². The lowest BCUT2D eigenvalue weighted by Gasteiger charge is -2.34. The number of halogens is 1. The van der Waals surface area contributed by atoms with Gasteiger partial charge < -0.3 is 5.11 Å². The highest BCUT2D eigenvalue weighted by atomic mass is 79.9. The molecule has 2 nitrogen and oxygen atoms in total. The highest BCUT2D eigenvalue weighted by Gasteiger charge is 2.34. The van der Waals surface area contributed by atoms with E-state index in [0.717, 1.165) is 35.0 Å². The Balaban J connectivity index is 1.93. The lowest BCUT2D eigenvalue weighted by Crippen LogP contribution is -2.33. The molecule has 19 heavy (non-hydrogen) atoms. The first-order chi connectivity index (χ1) is 9.17. The van der Waals surface area contributed by atoms with Crippen LogP contribution in [0.5, 0.6) is 0 Å². The maximum absolute atomic E-state index is 11.0. The van der Waals surface area contributed by atoms with Crippen LogP contribution in [-0.4, -0.2) is 10.1 Å². The Morgan fingerprint density at radius 3 is 2.84 bits per heavy atom. The van der Waals surface area contributed by atoms with Crippen LogP contribution in [-0.2, 0) is 18.4 Å². The Kier molecular flexibility index (Phi) is 3.42. The average Bonchev–Trinajstić information content (AvgIpc) is 2.42. The van der Waals surface area contributed by atoms with Crippen LogP contribution in [0.2, 0.25) is 0 Å². The Hall–Kier alpha value is -1.19. The molecule has 3 heteroatoms. The van der Waals surface area contributed by atoms with Crippen molar-refractivity contribution in [2.75, 3.05) is 0 Å². The first-order valence-electron chi connectivity index (χ1n) is 6.59. The number of nitrogens with zero attached hydrogens (tertiary/aromatic N) is 1. The molecule has 0 bridgehead atoms. The molecule has 1 aromatic carbocycles. The van der Waals surface area contributed by atoms with Crippen molar-refractivity contribution >= 4 is 15.9 Å². The first kappa shape index (κ1) is 12.8. The SMILES string of the molecule is OC1(Cc2ccc(Br)cn2)CCCc2ccccc21. The third-order valence-electron chi connectivity index (χ3n) is 3.82. The molecule has 1 unspecified atom stereocenters. The lowest BCUT2D eigenvalue weighted by atomic mass is 9.76. The summed E-state index contributed by atoms with van der Waals surface area (Å²) in [5.41, 5.74) is 2.51. The second-order valence-corrected chi connectivity index (χ2v) is 6.10. The summed E-state index contributed by atoms with van der Waals surface area (Å²) in [7, 11) is 0. The van der Waals surface area contributed by atoms with Crippen molar-refractivity contribution in [2.24, 2.45) is 0 Å². The van der Waals surface area contributed by atoms with Gasteiger partial charge in [0.2, 0.25) is 0 Å². The predicted octanol–water partition coefficient (Wildman–Crippen LogP) is 3.61. The molecular formula is C16H16BrNO. The molecule has 1 heterocycles. The van der Waals surface area contributed by atoms with Gasteiger partial charge in [0.15, 0.2) is 0 Å². The van der Waals surface area contributed by atoms with Gasteiger partial charge in [0.05, 0.1) is 5.60 Å². The third-order valence-corrected chi connectivity index (χ3v) is 4.29.